The molecule has 0 saturated heterocycles. The predicted octanol–water partition coefficient (Wildman–Crippen LogP) is 3.74. The first-order chi connectivity index (χ1) is 8.02. The van der Waals surface area contributed by atoms with Crippen molar-refractivity contribution < 1.29 is 13.9 Å². The molecule has 0 amide bonds. The van der Waals surface area contributed by atoms with Crippen LogP contribution in [0, 0.1) is 30.4 Å². The van der Waals surface area contributed by atoms with E-state index >= 15 is 0 Å². The first-order valence-corrected chi connectivity index (χ1v) is 6.15. The minimum atomic E-state index is -0.892. The van der Waals surface area contributed by atoms with E-state index in [-0.39, 0.29) is 17.0 Å². The molecular weight excluding hydrogens is 222 g/mol. The van der Waals surface area contributed by atoms with Crippen molar-refractivity contribution in [1.82, 2.24) is 0 Å². The largest absolute Gasteiger partial charge is 0.388 e. The van der Waals surface area contributed by atoms with Crippen LogP contribution < -0.4 is 0 Å². The summed E-state index contributed by atoms with van der Waals surface area (Å²) in [6.45, 7) is 3.58. The Labute approximate surface area is 100 Å². The van der Waals surface area contributed by atoms with E-state index in [4.69, 9.17) is 0 Å². The Morgan fingerprint density at radius 3 is 2.53 bits per heavy atom. The van der Waals surface area contributed by atoms with Crippen molar-refractivity contribution >= 4 is 0 Å². The van der Waals surface area contributed by atoms with Crippen molar-refractivity contribution in [1.29, 1.82) is 0 Å². The Morgan fingerprint density at radius 2 is 1.94 bits per heavy atom. The number of halogens is 2. The molecule has 0 aromatic heterocycles. The molecular formula is C14H18F2O. The number of aliphatic hydroxyl groups is 1. The number of aliphatic hydroxyl groups excluding tert-OH is 1. The fourth-order valence-corrected chi connectivity index (χ4v) is 2.76. The predicted molar refractivity (Wildman–Crippen MR) is 62.6 cm³/mol. The third-order valence-electron chi connectivity index (χ3n) is 3.96. The molecule has 17 heavy (non-hydrogen) atoms. The van der Waals surface area contributed by atoms with Gasteiger partial charge in [0.15, 0.2) is 11.6 Å². The summed E-state index contributed by atoms with van der Waals surface area (Å²) in [4.78, 5) is 0. The second-order valence-electron chi connectivity index (χ2n) is 5.12. The fourth-order valence-electron chi connectivity index (χ4n) is 2.76. The first-order valence-electron chi connectivity index (χ1n) is 6.15. The van der Waals surface area contributed by atoms with E-state index in [1.807, 2.05) is 0 Å². The molecule has 3 unspecified atom stereocenters. The van der Waals surface area contributed by atoms with Crippen molar-refractivity contribution in [2.45, 2.75) is 39.2 Å². The third kappa shape index (κ3) is 2.21. The summed E-state index contributed by atoms with van der Waals surface area (Å²) in [6, 6.07) is 3.03. The van der Waals surface area contributed by atoms with Crippen LogP contribution in [0.5, 0.6) is 0 Å². The van der Waals surface area contributed by atoms with Gasteiger partial charge in [0.2, 0.25) is 0 Å². The lowest BCUT2D eigenvalue weighted by Crippen LogP contribution is -2.17. The van der Waals surface area contributed by atoms with E-state index in [9.17, 15) is 13.9 Å². The third-order valence-corrected chi connectivity index (χ3v) is 3.96. The van der Waals surface area contributed by atoms with Crippen LogP contribution in [0.1, 0.15) is 43.4 Å². The van der Waals surface area contributed by atoms with Crippen LogP contribution in [0.25, 0.3) is 0 Å². The molecule has 1 aliphatic carbocycles. The minimum Gasteiger partial charge on any atom is -0.388 e. The van der Waals surface area contributed by atoms with E-state index < -0.39 is 17.7 Å². The van der Waals surface area contributed by atoms with Gasteiger partial charge in [-0.25, -0.2) is 8.78 Å². The lowest BCUT2D eigenvalue weighted by molar-refractivity contribution is 0.0859. The van der Waals surface area contributed by atoms with Gasteiger partial charge in [0.1, 0.15) is 0 Å². The molecule has 0 aliphatic heterocycles. The maximum Gasteiger partial charge on any atom is 0.164 e. The van der Waals surface area contributed by atoms with Crippen LogP contribution >= 0.6 is 0 Å². The summed E-state index contributed by atoms with van der Waals surface area (Å²) < 4.78 is 27.2. The smallest absolute Gasteiger partial charge is 0.164 e. The van der Waals surface area contributed by atoms with Crippen molar-refractivity contribution in [3.63, 3.8) is 0 Å². The molecule has 1 aromatic carbocycles. The van der Waals surface area contributed by atoms with E-state index in [2.05, 4.69) is 6.92 Å². The Morgan fingerprint density at radius 1 is 1.24 bits per heavy atom. The summed E-state index contributed by atoms with van der Waals surface area (Å²) in [6.07, 6.45) is 2.11. The summed E-state index contributed by atoms with van der Waals surface area (Å²) in [5.41, 5.74) is 0.379. The van der Waals surface area contributed by atoms with Crippen molar-refractivity contribution in [3.8, 4) is 0 Å². The van der Waals surface area contributed by atoms with Gasteiger partial charge in [0, 0.05) is 5.56 Å². The molecule has 1 aromatic rings. The van der Waals surface area contributed by atoms with Gasteiger partial charge in [-0.15, -0.1) is 0 Å². The lowest BCUT2D eigenvalue weighted by Gasteiger charge is -2.23. The maximum absolute atomic E-state index is 13.8. The highest BCUT2D eigenvalue weighted by molar-refractivity contribution is 5.27. The highest BCUT2D eigenvalue weighted by Gasteiger charge is 2.32. The SMILES string of the molecule is Cc1ccc(C(O)C2CCCC2C)c(F)c1F. The molecule has 0 radical (unpaired) electrons. The van der Waals surface area contributed by atoms with Gasteiger partial charge in [-0.05, 0) is 30.7 Å². The average Bonchev–Trinajstić information content (AvgIpc) is 2.72. The van der Waals surface area contributed by atoms with Crippen LogP contribution in [-0.4, -0.2) is 5.11 Å². The van der Waals surface area contributed by atoms with Crippen LogP contribution in [0.4, 0.5) is 8.78 Å². The van der Waals surface area contributed by atoms with Crippen LogP contribution in [0.3, 0.4) is 0 Å². The van der Waals surface area contributed by atoms with Gasteiger partial charge in [-0.3, -0.25) is 0 Å². The molecule has 2 rings (SSSR count). The highest BCUT2D eigenvalue weighted by Crippen LogP contribution is 2.40. The summed E-state index contributed by atoms with van der Waals surface area (Å²) in [5.74, 6) is -1.32. The molecule has 1 N–H and O–H groups in total. The number of hydrogen-bond acceptors (Lipinski definition) is 1. The summed E-state index contributed by atoms with van der Waals surface area (Å²) in [5, 5.41) is 10.2. The number of benzene rings is 1. The molecule has 1 fully saturated rings. The molecule has 3 heteroatoms. The Kier molecular flexibility index (Phi) is 3.48. The number of hydrogen-bond donors (Lipinski definition) is 1. The monoisotopic (exact) mass is 240 g/mol. The minimum absolute atomic E-state index is 0.0478. The van der Waals surface area contributed by atoms with E-state index in [0.717, 1.165) is 19.3 Å². The van der Waals surface area contributed by atoms with Gasteiger partial charge in [0.05, 0.1) is 6.10 Å². The molecule has 1 saturated carbocycles. The average molecular weight is 240 g/mol. The molecule has 94 valence electrons. The summed E-state index contributed by atoms with van der Waals surface area (Å²) >= 11 is 0. The van der Waals surface area contributed by atoms with Crippen molar-refractivity contribution in [2.75, 3.05) is 0 Å². The van der Waals surface area contributed by atoms with Gasteiger partial charge in [0.25, 0.3) is 0 Å². The molecule has 0 bridgehead atoms. The first kappa shape index (κ1) is 12.5. The molecule has 3 atom stereocenters. The van der Waals surface area contributed by atoms with Crippen LogP contribution in [0.15, 0.2) is 12.1 Å². The zero-order valence-corrected chi connectivity index (χ0v) is 10.2. The molecule has 1 nitrogen and oxygen atoms in total. The Balaban J connectivity index is 2.31. The lowest BCUT2D eigenvalue weighted by atomic mass is 9.87. The van der Waals surface area contributed by atoms with E-state index in [1.54, 1.807) is 0 Å². The van der Waals surface area contributed by atoms with E-state index in [1.165, 1.54) is 19.1 Å². The number of rotatable bonds is 2. The maximum atomic E-state index is 13.8. The topological polar surface area (TPSA) is 20.2 Å². The van der Waals surface area contributed by atoms with Gasteiger partial charge >= 0.3 is 0 Å². The Hall–Kier alpha value is -0.960. The quantitative estimate of drug-likeness (QED) is 0.834. The Bertz CT molecular complexity index is 417. The highest BCUT2D eigenvalue weighted by atomic mass is 19.2. The van der Waals surface area contributed by atoms with Crippen molar-refractivity contribution in [2.24, 2.45) is 11.8 Å². The summed E-state index contributed by atoms with van der Waals surface area (Å²) in [7, 11) is 0. The van der Waals surface area contributed by atoms with E-state index in [0.29, 0.717) is 5.92 Å². The second-order valence-corrected chi connectivity index (χ2v) is 5.12. The second kappa shape index (κ2) is 4.73. The molecule has 0 heterocycles. The zero-order valence-electron chi connectivity index (χ0n) is 10.2. The van der Waals surface area contributed by atoms with Crippen molar-refractivity contribution in [3.05, 3.63) is 34.9 Å². The van der Waals surface area contributed by atoms with Gasteiger partial charge < -0.3 is 5.11 Å². The normalized spacial score (nSPS) is 26.2. The van der Waals surface area contributed by atoms with Crippen LogP contribution in [-0.2, 0) is 0 Å². The molecule has 0 spiro atoms. The van der Waals surface area contributed by atoms with Gasteiger partial charge in [-0.1, -0.05) is 31.9 Å². The number of aryl methyl sites for hydroxylation is 1. The zero-order chi connectivity index (χ0) is 12.6. The molecule has 1 aliphatic rings. The van der Waals surface area contributed by atoms with Crippen LogP contribution in [0.2, 0.25) is 0 Å². The fraction of sp³-hybridized carbons (Fsp3) is 0.571. The van der Waals surface area contributed by atoms with Gasteiger partial charge in [-0.2, -0.15) is 0 Å². The standard InChI is InChI=1S/C14H18F2O/c1-8-4-3-5-10(8)14(17)11-7-6-9(2)12(15)13(11)16/h6-8,10,14,17H,3-5H2,1-2H3.